The molecule has 2 heterocycles. The van der Waals surface area contributed by atoms with Gasteiger partial charge < -0.3 is 14.2 Å². The molecule has 8 heteroatoms. The van der Waals surface area contributed by atoms with Crippen LogP contribution >= 0.6 is 11.3 Å². The predicted molar refractivity (Wildman–Crippen MR) is 125 cm³/mol. The van der Waals surface area contributed by atoms with E-state index in [-0.39, 0.29) is 19.1 Å². The Hall–Kier alpha value is -3.65. The molecule has 1 amide bonds. The maximum absolute atomic E-state index is 13.3. The Balaban J connectivity index is 1.65. The lowest BCUT2D eigenvalue weighted by Crippen LogP contribution is -2.34. The topological polar surface area (TPSA) is 73.8 Å². The van der Waals surface area contributed by atoms with Gasteiger partial charge in [-0.05, 0) is 42.8 Å². The summed E-state index contributed by atoms with van der Waals surface area (Å²) in [5.41, 5.74) is 2.56. The molecule has 0 spiro atoms. The zero-order valence-corrected chi connectivity index (χ0v) is 18.9. The summed E-state index contributed by atoms with van der Waals surface area (Å²) < 4.78 is 17.4. The molecule has 7 nitrogen and oxygen atoms in total. The van der Waals surface area contributed by atoms with Crippen LogP contribution in [0.1, 0.15) is 11.3 Å². The highest BCUT2D eigenvalue weighted by molar-refractivity contribution is 7.22. The Morgan fingerprint density at radius 3 is 2.62 bits per heavy atom. The van der Waals surface area contributed by atoms with Crippen LogP contribution in [-0.2, 0) is 11.3 Å². The third kappa shape index (κ3) is 4.65. The number of pyridine rings is 1. The molecule has 0 aliphatic carbocycles. The van der Waals surface area contributed by atoms with E-state index in [9.17, 15) is 4.79 Å². The summed E-state index contributed by atoms with van der Waals surface area (Å²) in [7, 11) is 3.20. The molecular weight excluding hydrogens is 426 g/mol. The molecule has 0 N–H and O–H groups in total. The number of ether oxygens (including phenoxy) is 3. The van der Waals surface area contributed by atoms with Gasteiger partial charge in [0.05, 0.1) is 31.2 Å². The Morgan fingerprint density at radius 1 is 1.03 bits per heavy atom. The van der Waals surface area contributed by atoms with Gasteiger partial charge in [-0.1, -0.05) is 29.5 Å². The van der Waals surface area contributed by atoms with Crippen LogP contribution in [0.25, 0.3) is 10.2 Å². The number of aryl methyl sites for hydroxylation is 1. The molecule has 164 valence electrons. The molecule has 0 radical (unpaired) electrons. The Labute approximate surface area is 190 Å². The number of thiazole rings is 1. The van der Waals surface area contributed by atoms with Gasteiger partial charge in [-0.25, -0.2) is 4.98 Å². The SMILES string of the molecule is COc1cccc(OCC(=O)N(Cc2ccccn2)c2nc3c(OC)ccc(C)c3s2)c1. The van der Waals surface area contributed by atoms with Crippen LogP contribution in [0.15, 0.2) is 60.8 Å². The first-order valence-corrected chi connectivity index (χ1v) is 10.8. The fourth-order valence-corrected chi connectivity index (χ4v) is 4.28. The zero-order valence-electron chi connectivity index (χ0n) is 18.1. The van der Waals surface area contributed by atoms with E-state index in [1.165, 1.54) is 11.3 Å². The van der Waals surface area contributed by atoms with Crippen LogP contribution < -0.4 is 19.1 Å². The van der Waals surface area contributed by atoms with Crippen LogP contribution in [0.5, 0.6) is 17.2 Å². The van der Waals surface area contributed by atoms with Gasteiger partial charge in [0.2, 0.25) is 0 Å². The Bertz CT molecular complexity index is 1230. The van der Waals surface area contributed by atoms with Crippen molar-refractivity contribution in [3.05, 3.63) is 72.1 Å². The van der Waals surface area contributed by atoms with Gasteiger partial charge >= 0.3 is 0 Å². The normalized spacial score (nSPS) is 10.7. The molecule has 4 aromatic rings. The first-order valence-electron chi connectivity index (χ1n) is 10.0. The largest absolute Gasteiger partial charge is 0.497 e. The van der Waals surface area contributed by atoms with Crippen molar-refractivity contribution in [1.82, 2.24) is 9.97 Å². The second kappa shape index (κ2) is 9.65. The van der Waals surface area contributed by atoms with Crippen LogP contribution in [0.2, 0.25) is 0 Å². The zero-order chi connectivity index (χ0) is 22.5. The highest BCUT2D eigenvalue weighted by Crippen LogP contribution is 2.37. The van der Waals surface area contributed by atoms with Gasteiger partial charge in [0.25, 0.3) is 5.91 Å². The van der Waals surface area contributed by atoms with E-state index in [0.717, 1.165) is 21.5 Å². The van der Waals surface area contributed by atoms with Crippen molar-refractivity contribution in [2.75, 3.05) is 25.7 Å². The number of methoxy groups -OCH3 is 2. The number of fused-ring (bicyclic) bond motifs is 1. The minimum atomic E-state index is -0.228. The minimum absolute atomic E-state index is 0.147. The second-order valence-corrected chi connectivity index (χ2v) is 8.01. The number of carbonyl (C=O) groups is 1. The molecular formula is C24H23N3O4S. The van der Waals surface area contributed by atoms with Crippen molar-refractivity contribution in [2.24, 2.45) is 0 Å². The molecule has 4 rings (SSSR count). The maximum Gasteiger partial charge on any atom is 0.267 e. The molecule has 0 aliphatic rings. The van der Waals surface area contributed by atoms with Crippen molar-refractivity contribution in [3.8, 4) is 17.2 Å². The highest BCUT2D eigenvalue weighted by atomic mass is 32.1. The standard InChI is InChI=1S/C24H23N3O4S/c1-16-10-11-20(30-3)22-23(16)32-24(26-22)27(14-17-7-4-5-12-25-17)21(28)15-31-19-9-6-8-18(13-19)29-2/h4-13H,14-15H2,1-3H3. The van der Waals surface area contributed by atoms with E-state index in [1.54, 1.807) is 37.4 Å². The van der Waals surface area contributed by atoms with Crippen LogP contribution in [0.4, 0.5) is 5.13 Å². The number of benzene rings is 2. The molecule has 0 saturated heterocycles. The molecule has 0 bridgehead atoms. The van der Waals surface area contributed by atoms with E-state index in [0.29, 0.717) is 22.4 Å². The number of hydrogen-bond donors (Lipinski definition) is 0. The smallest absolute Gasteiger partial charge is 0.267 e. The summed E-state index contributed by atoms with van der Waals surface area (Å²) in [4.78, 5) is 24.0. The van der Waals surface area contributed by atoms with Gasteiger partial charge in [0.15, 0.2) is 11.7 Å². The van der Waals surface area contributed by atoms with Gasteiger partial charge in [0.1, 0.15) is 22.8 Å². The fourth-order valence-electron chi connectivity index (χ4n) is 3.21. The summed E-state index contributed by atoms with van der Waals surface area (Å²) in [6.07, 6.45) is 1.70. The fraction of sp³-hybridized carbons (Fsp3) is 0.208. The van der Waals surface area contributed by atoms with Gasteiger partial charge in [-0.3, -0.25) is 14.7 Å². The number of amides is 1. The summed E-state index contributed by atoms with van der Waals surface area (Å²) in [5.74, 6) is 1.66. The number of rotatable bonds is 8. The Kier molecular flexibility index (Phi) is 6.51. The van der Waals surface area contributed by atoms with Crippen LogP contribution in [-0.4, -0.2) is 36.7 Å². The minimum Gasteiger partial charge on any atom is -0.497 e. The number of nitrogens with zero attached hydrogens (tertiary/aromatic N) is 3. The number of anilines is 1. The molecule has 32 heavy (non-hydrogen) atoms. The van der Waals surface area contributed by atoms with E-state index in [2.05, 4.69) is 4.98 Å². The summed E-state index contributed by atoms with van der Waals surface area (Å²) in [5, 5.41) is 0.567. The predicted octanol–water partition coefficient (Wildman–Crippen LogP) is 4.63. The Morgan fingerprint density at radius 2 is 1.88 bits per heavy atom. The molecule has 2 aromatic carbocycles. The third-order valence-electron chi connectivity index (χ3n) is 4.89. The molecule has 2 aromatic heterocycles. The molecule has 0 atom stereocenters. The molecule has 0 saturated carbocycles. The van der Waals surface area contributed by atoms with E-state index in [1.807, 2.05) is 49.4 Å². The molecule has 0 unspecified atom stereocenters. The van der Waals surface area contributed by atoms with Gasteiger partial charge in [-0.2, -0.15) is 0 Å². The van der Waals surface area contributed by atoms with E-state index < -0.39 is 0 Å². The monoisotopic (exact) mass is 449 g/mol. The van der Waals surface area contributed by atoms with Crippen molar-refractivity contribution in [2.45, 2.75) is 13.5 Å². The number of carbonyl (C=O) groups excluding carboxylic acids is 1. The van der Waals surface area contributed by atoms with E-state index >= 15 is 0 Å². The van der Waals surface area contributed by atoms with E-state index in [4.69, 9.17) is 19.2 Å². The van der Waals surface area contributed by atoms with Crippen LogP contribution in [0.3, 0.4) is 0 Å². The van der Waals surface area contributed by atoms with Crippen LogP contribution in [0, 0.1) is 6.92 Å². The number of hydrogen-bond acceptors (Lipinski definition) is 7. The second-order valence-electron chi connectivity index (χ2n) is 7.03. The van der Waals surface area contributed by atoms with Crippen molar-refractivity contribution >= 4 is 32.6 Å². The highest BCUT2D eigenvalue weighted by Gasteiger charge is 2.23. The first-order chi connectivity index (χ1) is 15.6. The molecule has 0 aliphatic heterocycles. The number of aromatic nitrogens is 2. The van der Waals surface area contributed by atoms with Crippen molar-refractivity contribution < 1.29 is 19.0 Å². The molecule has 0 fully saturated rings. The van der Waals surface area contributed by atoms with Crippen molar-refractivity contribution in [1.29, 1.82) is 0 Å². The lowest BCUT2D eigenvalue weighted by Gasteiger charge is -2.19. The summed E-state index contributed by atoms with van der Waals surface area (Å²) in [6.45, 7) is 2.15. The quantitative estimate of drug-likeness (QED) is 0.391. The lowest BCUT2D eigenvalue weighted by atomic mass is 10.2. The summed E-state index contributed by atoms with van der Waals surface area (Å²) in [6, 6.07) is 16.6. The third-order valence-corrected chi connectivity index (χ3v) is 6.11. The maximum atomic E-state index is 13.3. The van der Waals surface area contributed by atoms with Gasteiger partial charge in [-0.15, -0.1) is 0 Å². The lowest BCUT2D eigenvalue weighted by molar-refractivity contribution is -0.120. The summed E-state index contributed by atoms with van der Waals surface area (Å²) >= 11 is 1.45. The average molecular weight is 450 g/mol. The van der Waals surface area contributed by atoms with Crippen molar-refractivity contribution in [3.63, 3.8) is 0 Å². The average Bonchev–Trinajstić information content (AvgIpc) is 3.28. The first kappa shape index (κ1) is 21.6. The van der Waals surface area contributed by atoms with Gasteiger partial charge in [0, 0.05) is 12.3 Å².